The molecule has 1 heteroatoms. The third kappa shape index (κ3) is 3.10. The Kier molecular flexibility index (Phi) is 5.37. The molecule has 0 aromatic heterocycles. The topological polar surface area (TPSA) is 20.2 Å². The second kappa shape index (κ2) is 6.86. The van der Waals surface area contributed by atoms with Crippen molar-refractivity contribution < 1.29 is 5.11 Å². The van der Waals surface area contributed by atoms with Crippen molar-refractivity contribution in [3.63, 3.8) is 0 Å². The third-order valence-electron chi connectivity index (χ3n) is 6.02. The Bertz CT molecular complexity index is 823. The first kappa shape index (κ1) is 19.6. The van der Waals surface area contributed by atoms with Gasteiger partial charge in [-0.2, -0.15) is 0 Å². The molecule has 2 aromatic carbocycles. The number of hydrogen-bond donors (Lipinski definition) is 1. The minimum Gasteiger partial charge on any atom is -0.507 e. The molecule has 0 bridgehead atoms. The van der Waals surface area contributed by atoms with Crippen LogP contribution in [0.2, 0.25) is 0 Å². The fraction of sp³-hybridized carbons (Fsp3) is 0.500. The van der Waals surface area contributed by atoms with Gasteiger partial charge in [-0.25, -0.2) is 0 Å². The van der Waals surface area contributed by atoms with Crippen LogP contribution < -0.4 is 0 Å². The Morgan fingerprint density at radius 2 is 1.12 bits per heavy atom. The van der Waals surface area contributed by atoms with Crippen molar-refractivity contribution in [1.82, 2.24) is 0 Å². The lowest BCUT2D eigenvalue weighted by molar-refractivity contribution is 0.471. The van der Waals surface area contributed by atoms with Crippen molar-refractivity contribution in [3.8, 4) is 16.9 Å². The molecule has 0 spiro atoms. The Morgan fingerprint density at radius 3 is 1.60 bits per heavy atom. The van der Waals surface area contributed by atoms with Gasteiger partial charge in [-0.3, -0.25) is 0 Å². The van der Waals surface area contributed by atoms with Crippen LogP contribution in [-0.4, -0.2) is 5.11 Å². The van der Waals surface area contributed by atoms with Crippen LogP contribution in [0.25, 0.3) is 11.1 Å². The summed E-state index contributed by atoms with van der Waals surface area (Å²) in [7, 11) is 0. The predicted octanol–water partition coefficient (Wildman–Crippen LogP) is 7.16. The molecule has 0 fully saturated rings. The zero-order valence-electron chi connectivity index (χ0n) is 17.7. The smallest absolute Gasteiger partial charge is 0.126 e. The Hall–Kier alpha value is -1.76. The number of phenolic OH excluding ortho intramolecular Hbond substituents is 1. The van der Waals surface area contributed by atoms with E-state index in [9.17, 15) is 5.11 Å². The average molecular weight is 339 g/mol. The molecule has 2 aromatic rings. The van der Waals surface area contributed by atoms with Gasteiger partial charge in [-0.1, -0.05) is 33.8 Å². The molecule has 1 N–H and O–H groups in total. The van der Waals surface area contributed by atoms with E-state index in [1.54, 1.807) is 0 Å². The minimum absolute atomic E-state index is 0.363. The number of benzene rings is 2. The van der Waals surface area contributed by atoms with Crippen molar-refractivity contribution >= 4 is 0 Å². The molecule has 136 valence electrons. The number of phenols is 1. The van der Waals surface area contributed by atoms with E-state index in [1.807, 2.05) is 6.92 Å². The predicted molar refractivity (Wildman–Crippen MR) is 110 cm³/mol. The van der Waals surface area contributed by atoms with Crippen molar-refractivity contribution in [2.75, 3.05) is 0 Å². The van der Waals surface area contributed by atoms with E-state index < -0.39 is 0 Å². The fourth-order valence-corrected chi connectivity index (χ4v) is 4.21. The fourth-order valence-electron chi connectivity index (χ4n) is 4.21. The van der Waals surface area contributed by atoms with Crippen molar-refractivity contribution in [2.45, 2.75) is 81.1 Å². The second-order valence-corrected chi connectivity index (χ2v) is 8.23. The van der Waals surface area contributed by atoms with E-state index in [0.29, 0.717) is 17.6 Å². The van der Waals surface area contributed by atoms with Crippen LogP contribution in [0.1, 0.15) is 84.0 Å². The maximum absolute atomic E-state index is 11.1. The summed E-state index contributed by atoms with van der Waals surface area (Å²) in [6.07, 6.45) is 0. The highest BCUT2D eigenvalue weighted by atomic mass is 16.3. The first-order valence-electron chi connectivity index (χ1n) is 9.44. The lowest BCUT2D eigenvalue weighted by Crippen LogP contribution is -2.06. The number of aryl methyl sites for hydroxylation is 1. The van der Waals surface area contributed by atoms with E-state index in [0.717, 1.165) is 11.1 Å². The van der Waals surface area contributed by atoms with Gasteiger partial charge in [-0.05, 0) is 103 Å². The Balaban J connectivity index is 3.07. The van der Waals surface area contributed by atoms with Gasteiger partial charge in [0.1, 0.15) is 5.75 Å². The van der Waals surface area contributed by atoms with E-state index in [2.05, 4.69) is 68.4 Å². The third-order valence-corrected chi connectivity index (χ3v) is 6.02. The molecule has 0 saturated heterocycles. The molecule has 0 unspecified atom stereocenters. The Morgan fingerprint density at radius 1 is 0.640 bits per heavy atom. The van der Waals surface area contributed by atoms with Crippen molar-refractivity contribution in [3.05, 3.63) is 50.6 Å². The Labute approximate surface area is 154 Å². The van der Waals surface area contributed by atoms with Crippen LogP contribution in [-0.2, 0) is 0 Å². The standard InChI is InChI=1S/C24H34O/c1-12(2)21-17(8)15(6)14(5)11-20(21)23-22(13(3)4)18(9)16(7)19(10)24(23)25/h11-13,25H,1-10H3. The van der Waals surface area contributed by atoms with Crippen LogP contribution in [0, 0.1) is 41.5 Å². The number of aromatic hydroxyl groups is 1. The van der Waals surface area contributed by atoms with Gasteiger partial charge in [0.2, 0.25) is 0 Å². The molecule has 0 saturated carbocycles. The average Bonchev–Trinajstić information content (AvgIpc) is 2.52. The number of rotatable bonds is 3. The summed E-state index contributed by atoms with van der Waals surface area (Å²) >= 11 is 0. The van der Waals surface area contributed by atoms with E-state index in [1.165, 1.54) is 44.5 Å². The molecule has 0 aliphatic carbocycles. The van der Waals surface area contributed by atoms with Crippen LogP contribution in [0.4, 0.5) is 0 Å². The summed E-state index contributed by atoms with van der Waals surface area (Å²) < 4.78 is 0. The zero-order chi connectivity index (χ0) is 19.2. The zero-order valence-corrected chi connectivity index (χ0v) is 17.7. The lowest BCUT2D eigenvalue weighted by Gasteiger charge is -2.26. The molecular weight excluding hydrogens is 304 g/mol. The van der Waals surface area contributed by atoms with Crippen LogP contribution in [0.3, 0.4) is 0 Å². The van der Waals surface area contributed by atoms with E-state index >= 15 is 0 Å². The molecule has 0 radical (unpaired) electrons. The molecule has 25 heavy (non-hydrogen) atoms. The molecule has 0 heterocycles. The summed E-state index contributed by atoms with van der Waals surface area (Å²) in [5.74, 6) is 1.23. The summed E-state index contributed by atoms with van der Waals surface area (Å²) in [5, 5.41) is 11.1. The van der Waals surface area contributed by atoms with Gasteiger partial charge >= 0.3 is 0 Å². The second-order valence-electron chi connectivity index (χ2n) is 8.23. The van der Waals surface area contributed by atoms with Crippen molar-refractivity contribution in [1.29, 1.82) is 0 Å². The van der Waals surface area contributed by atoms with Gasteiger partial charge in [-0.15, -0.1) is 0 Å². The monoisotopic (exact) mass is 338 g/mol. The normalized spacial score (nSPS) is 11.7. The molecule has 0 aliphatic heterocycles. The first-order chi connectivity index (χ1) is 11.5. The summed E-state index contributed by atoms with van der Waals surface area (Å²) in [6, 6.07) is 2.28. The van der Waals surface area contributed by atoms with E-state index in [-0.39, 0.29) is 0 Å². The highest BCUT2D eigenvalue weighted by Gasteiger charge is 2.24. The lowest BCUT2D eigenvalue weighted by atomic mass is 9.78. The van der Waals surface area contributed by atoms with Crippen LogP contribution in [0.5, 0.6) is 5.75 Å². The molecule has 0 aliphatic rings. The van der Waals surface area contributed by atoms with Crippen LogP contribution in [0.15, 0.2) is 6.07 Å². The maximum Gasteiger partial charge on any atom is 0.126 e. The van der Waals surface area contributed by atoms with Crippen molar-refractivity contribution in [2.24, 2.45) is 0 Å². The summed E-state index contributed by atoms with van der Waals surface area (Å²) in [6.45, 7) is 21.9. The quantitative estimate of drug-likeness (QED) is 0.629. The van der Waals surface area contributed by atoms with Gasteiger partial charge in [0.05, 0.1) is 0 Å². The first-order valence-corrected chi connectivity index (χ1v) is 9.44. The molecular formula is C24H34O. The van der Waals surface area contributed by atoms with Gasteiger partial charge in [0.15, 0.2) is 0 Å². The highest BCUT2D eigenvalue weighted by molar-refractivity contribution is 5.82. The van der Waals surface area contributed by atoms with Crippen LogP contribution >= 0.6 is 0 Å². The summed E-state index contributed by atoms with van der Waals surface area (Å²) in [5.41, 5.74) is 12.4. The van der Waals surface area contributed by atoms with Gasteiger partial charge in [0, 0.05) is 5.56 Å². The SMILES string of the molecule is Cc1cc(-c2c(O)c(C)c(C)c(C)c2C(C)C)c(C(C)C)c(C)c1C. The summed E-state index contributed by atoms with van der Waals surface area (Å²) in [4.78, 5) is 0. The van der Waals surface area contributed by atoms with Gasteiger partial charge in [0.25, 0.3) is 0 Å². The van der Waals surface area contributed by atoms with Gasteiger partial charge < -0.3 is 5.11 Å². The molecule has 2 rings (SSSR count). The molecule has 0 atom stereocenters. The maximum atomic E-state index is 11.1. The largest absolute Gasteiger partial charge is 0.507 e. The molecule has 0 amide bonds. The minimum atomic E-state index is 0.363. The highest BCUT2D eigenvalue weighted by Crippen LogP contribution is 2.46. The number of hydrogen-bond acceptors (Lipinski definition) is 1. The molecule has 1 nitrogen and oxygen atoms in total. The van der Waals surface area contributed by atoms with E-state index in [4.69, 9.17) is 0 Å².